The fourth-order valence-electron chi connectivity index (χ4n) is 4.05. The van der Waals surface area contributed by atoms with Crippen LogP contribution in [0.2, 0.25) is 0 Å². The number of rotatable bonds is 5. The standard InChI is InChI=1S/C21H19F3N4O5/c22-21(23,24)33-17-7-5-15(6-8-17)27-19(29)13-18(20(27)30)26-11-9-25(10-12-26)14-1-3-16(4-2-14)28(31)32/h1-8,18H,9-13H2/t18-/m1/s1. The molecule has 4 rings (SSSR count). The Kier molecular flexibility index (Phi) is 5.93. The fraction of sp³-hybridized carbons (Fsp3) is 0.333. The largest absolute Gasteiger partial charge is 0.573 e. The van der Waals surface area contributed by atoms with E-state index in [9.17, 15) is 32.9 Å². The first kappa shape index (κ1) is 22.5. The number of ether oxygens (including phenoxy) is 1. The lowest BCUT2D eigenvalue weighted by Gasteiger charge is -2.38. The third-order valence-electron chi connectivity index (χ3n) is 5.63. The van der Waals surface area contributed by atoms with Gasteiger partial charge in [0.25, 0.3) is 11.6 Å². The quantitative estimate of drug-likeness (QED) is 0.381. The lowest BCUT2D eigenvalue weighted by atomic mass is 10.1. The molecule has 0 saturated carbocycles. The Bertz CT molecular complexity index is 1050. The highest BCUT2D eigenvalue weighted by Crippen LogP contribution is 2.30. The van der Waals surface area contributed by atoms with Gasteiger partial charge in [-0.1, -0.05) is 0 Å². The minimum Gasteiger partial charge on any atom is -0.406 e. The Hall–Kier alpha value is -3.67. The number of benzene rings is 2. The first-order valence-electron chi connectivity index (χ1n) is 10.1. The molecule has 2 aromatic carbocycles. The van der Waals surface area contributed by atoms with Crippen molar-refractivity contribution in [2.45, 2.75) is 18.8 Å². The fourth-order valence-corrected chi connectivity index (χ4v) is 4.05. The van der Waals surface area contributed by atoms with Gasteiger partial charge in [0.15, 0.2) is 0 Å². The summed E-state index contributed by atoms with van der Waals surface area (Å²) in [5.41, 5.74) is 1.02. The average Bonchev–Trinajstić information content (AvgIpc) is 3.07. The summed E-state index contributed by atoms with van der Waals surface area (Å²) in [7, 11) is 0. The normalized spacial score (nSPS) is 19.8. The highest BCUT2D eigenvalue weighted by atomic mass is 19.4. The molecule has 9 nitrogen and oxygen atoms in total. The Morgan fingerprint density at radius 2 is 1.48 bits per heavy atom. The number of piperazine rings is 1. The molecule has 2 saturated heterocycles. The van der Waals surface area contributed by atoms with Crippen molar-refractivity contribution in [3.05, 3.63) is 58.6 Å². The summed E-state index contributed by atoms with van der Waals surface area (Å²) < 4.78 is 40.8. The summed E-state index contributed by atoms with van der Waals surface area (Å²) in [6, 6.07) is 10.2. The van der Waals surface area contributed by atoms with Crippen LogP contribution >= 0.6 is 0 Å². The number of halogens is 3. The van der Waals surface area contributed by atoms with E-state index in [2.05, 4.69) is 4.74 Å². The van der Waals surface area contributed by atoms with Gasteiger partial charge in [0.2, 0.25) is 5.91 Å². The molecule has 0 bridgehead atoms. The van der Waals surface area contributed by atoms with Gasteiger partial charge in [0.1, 0.15) is 5.75 Å². The highest BCUT2D eigenvalue weighted by molar-refractivity contribution is 6.22. The first-order valence-corrected chi connectivity index (χ1v) is 10.1. The number of hydrogen-bond donors (Lipinski definition) is 0. The van der Waals surface area contributed by atoms with Gasteiger partial charge in [-0.3, -0.25) is 24.6 Å². The number of nitro benzene ring substituents is 1. The molecular formula is C21H19F3N4O5. The number of anilines is 2. The Labute approximate surface area is 186 Å². The van der Waals surface area contributed by atoms with Crippen LogP contribution in [0, 0.1) is 10.1 Å². The molecule has 0 aromatic heterocycles. The summed E-state index contributed by atoms with van der Waals surface area (Å²) in [5, 5.41) is 10.8. The second-order valence-electron chi connectivity index (χ2n) is 7.63. The maximum absolute atomic E-state index is 13.0. The molecule has 0 radical (unpaired) electrons. The zero-order valence-electron chi connectivity index (χ0n) is 17.2. The molecule has 12 heteroatoms. The molecule has 2 aromatic rings. The van der Waals surface area contributed by atoms with Crippen LogP contribution in [0.5, 0.6) is 5.75 Å². The van der Waals surface area contributed by atoms with Crippen molar-refractivity contribution in [3.63, 3.8) is 0 Å². The van der Waals surface area contributed by atoms with Crippen molar-refractivity contribution < 1.29 is 32.4 Å². The minimum absolute atomic E-state index is 0.00513. The van der Waals surface area contributed by atoms with Crippen molar-refractivity contribution >= 4 is 28.9 Å². The lowest BCUT2D eigenvalue weighted by molar-refractivity contribution is -0.384. The molecule has 0 unspecified atom stereocenters. The molecule has 0 aliphatic carbocycles. The molecule has 33 heavy (non-hydrogen) atoms. The second kappa shape index (κ2) is 8.70. The molecule has 0 spiro atoms. The molecule has 2 amide bonds. The number of hydrogen-bond acceptors (Lipinski definition) is 7. The van der Waals surface area contributed by atoms with Crippen LogP contribution in [0.4, 0.5) is 30.2 Å². The number of alkyl halides is 3. The average molecular weight is 464 g/mol. The van der Waals surface area contributed by atoms with Gasteiger partial charge < -0.3 is 9.64 Å². The Morgan fingerprint density at radius 3 is 2.03 bits per heavy atom. The second-order valence-corrected chi connectivity index (χ2v) is 7.63. The maximum Gasteiger partial charge on any atom is 0.573 e. The number of carbonyl (C=O) groups excluding carboxylic acids is 2. The van der Waals surface area contributed by atoms with Crippen LogP contribution in [0.1, 0.15) is 6.42 Å². The summed E-state index contributed by atoms with van der Waals surface area (Å²) in [5.74, 6) is -1.29. The van der Waals surface area contributed by atoms with Gasteiger partial charge >= 0.3 is 6.36 Å². The number of imide groups is 1. The third kappa shape index (κ3) is 4.90. The van der Waals surface area contributed by atoms with Crippen molar-refractivity contribution in [3.8, 4) is 5.75 Å². The van der Waals surface area contributed by atoms with Crippen molar-refractivity contribution in [2.75, 3.05) is 36.0 Å². The molecule has 2 heterocycles. The van der Waals surface area contributed by atoms with Crippen LogP contribution in [0.25, 0.3) is 0 Å². The van der Waals surface area contributed by atoms with E-state index in [1.165, 1.54) is 24.3 Å². The molecule has 174 valence electrons. The predicted molar refractivity (Wildman–Crippen MR) is 111 cm³/mol. The lowest BCUT2D eigenvalue weighted by Crippen LogP contribution is -2.52. The topological polar surface area (TPSA) is 96.2 Å². The zero-order chi connectivity index (χ0) is 23.8. The van der Waals surface area contributed by atoms with Crippen LogP contribution < -0.4 is 14.5 Å². The molecular weight excluding hydrogens is 445 g/mol. The van der Waals surface area contributed by atoms with Gasteiger partial charge in [-0.15, -0.1) is 13.2 Å². The molecule has 2 fully saturated rings. The SMILES string of the molecule is O=C1C[C@@H](N2CCN(c3ccc([N+](=O)[O-])cc3)CC2)C(=O)N1c1ccc(OC(F)(F)F)cc1. The summed E-state index contributed by atoms with van der Waals surface area (Å²) >= 11 is 0. The van der Waals surface area contributed by atoms with E-state index in [1.807, 2.05) is 9.80 Å². The zero-order valence-corrected chi connectivity index (χ0v) is 17.2. The van der Waals surface area contributed by atoms with E-state index in [0.717, 1.165) is 22.7 Å². The highest BCUT2D eigenvalue weighted by Gasteiger charge is 2.43. The van der Waals surface area contributed by atoms with E-state index in [-0.39, 0.29) is 17.8 Å². The van der Waals surface area contributed by atoms with Crippen LogP contribution in [-0.2, 0) is 9.59 Å². The van der Waals surface area contributed by atoms with Crippen LogP contribution in [0.3, 0.4) is 0 Å². The van der Waals surface area contributed by atoms with Crippen molar-refractivity contribution in [2.24, 2.45) is 0 Å². The minimum atomic E-state index is -4.83. The van der Waals surface area contributed by atoms with Gasteiger partial charge in [-0.05, 0) is 36.4 Å². The monoisotopic (exact) mass is 464 g/mol. The molecule has 2 aliphatic rings. The summed E-state index contributed by atoms with van der Waals surface area (Å²) in [6.45, 7) is 2.15. The maximum atomic E-state index is 13.0. The van der Waals surface area contributed by atoms with E-state index in [4.69, 9.17) is 0 Å². The number of amides is 2. The summed E-state index contributed by atoms with van der Waals surface area (Å²) in [6.07, 6.45) is -4.85. The van der Waals surface area contributed by atoms with Gasteiger partial charge in [-0.25, -0.2) is 4.90 Å². The van der Waals surface area contributed by atoms with E-state index in [1.54, 1.807) is 12.1 Å². The molecule has 2 aliphatic heterocycles. The summed E-state index contributed by atoms with van der Waals surface area (Å²) in [4.78, 5) is 40.8. The first-order chi connectivity index (χ1) is 15.6. The van der Waals surface area contributed by atoms with Crippen LogP contribution in [0.15, 0.2) is 48.5 Å². The van der Waals surface area contributed by atoms with E-state index in [0.29, 0.717) is 26.2 Å². The third-order valence-corrected chi connectivity index (χ3v) is 5.63. The van der Waals surface area contributed by atoms with Gasteiger partial charge in [0, 0.05) is 44.0 Å². The predicted octanol–water partition coefficient (Wildman–Crippen LogP) is 2.95. The number of nitrogens with zero attached hydrogens (tertiary/aromatic N) is 4. The van der Waals surface area contributed by atoms with Crippen LogP contribution in [-0.4, -0.2) is 60.2 Å². The van der Waals surface area contributed by atoms with E-state index >= 15 is 0 Å². The van der Waals surface area contributed by atoms with Gasteiger partial charge in [0.05, 0.1) is 23.1 Å². The van der Waals surface area contributed by atoms with Gasteiger partial charge in [-0.2, -0.15) is 0 Å². The number of carbonyl (C=O) groups is 2. The Balaban J connectivity index is 1.38. The van der Waals surface area contributed by atoms with Crippen molar-refractivity contribution in [1.82, 2.24) is 4.90 Å². The molecule has 1 atom stereocenters. The Morgan fingerprint density at radius 1 is 0.909 bits per heavy atom. The van der Waals surface area contributed by atoms with Crippen molar-refractivity contribution in [1.29, 1.82) is 0 Å². The molecule has 0 N–H and O–H groups in total. The smallest absolute Gasteiger partial charge is 0.406 e. The number of nitro groups is 1. The number of non-ortho nitro benzene ring substituents is 1. The van der Waals surface area contributed by atoms with E-state index < -0.39 is 34.9 Å².